The summed E-state index contributed by atoms with van der Waals surface area (Å²) >= 11 is 0. The predicted octanol–water partition coefficient (Wildman–Crippen LogP) is 23.2. The van der Waals surface area contributed by atoms with E-state index in [9.17, 15) is 0 Å². The Kier molecular flexibility index (Phi) is 42.9. The van der Waals surface area contributed by atoms with Gasteiger partial charge in [0.15, 0.2) is 0 Å². The Labute approximate surface area is 797 Å². The Morgan fingerprint density at radius 1 is 0.219 bits per heavy atom. The number of rotatable bonds is 0. The molecule has 13 heteroatoms. The monoisotopic (exact) mass is 1780 g/mol. The van der Waals surface area contributed by atoms with Crippen LogP contribution in [0.3, 0.4) is 0 Å². The fourth-order valence-electron chi connectivity index (χ4n) is 32.4. The van der Waals surface area contributed by atoms with Gasteiger partial charge >= 0.3 is 0 Å². The van der Waals surface area contributed by atoms with Gasteiger partial charge in [-0.05, 0) is 502 Å². The van der Waals surface area contributed by atoms with Crippen molar-refractivity contribution in [2.24, 2.45) is 118 Å². The quantitative estimate of drug-likeness (QED) is 0.232. The average Bonchev–Trinajstić information content (AvgIpc) is 1.77. The van der Waals surface area contributed by atoms with Crippen molar-refractivity contribution in [2.75, 3.05) is 192 Å². The SMILES string of the molecule is C.C.CC12CCN(CC1)C2.CC1CC2CCC(C1)N2C.CC1CC2CCCC(C1)N2C.CC1CC2CCCN(C1)C2.CC1CCC2CCC(C1)N2C.CC1CCC2CCC1N2C.CC1CCC2CCN(C)C12.CC1CCCN2CCC1C2.CC1CCCN2CCCCC12.CC1CCN2CCC1C2.CC1CN2CCC1C2.CC1CN2CCC1CC2.CC1CN2CCC1CC2. The summed E-state index contributed by atoms with van der Waals surface area (Å²) < 4.78 is 0. The molecule has 29 unspecified atom stereocenters. The summed E-state index contributed by atoms with van der Waals surface area (Å²) in [4.78, 5) is 34.0. The van der Waals surface area contributed by atoms with Crippen LogP contribution < -0.4 is 0 Å². The third-order valence-electron chi connectivity index (χ3n) is 41.4. The Morgan fingerprint density at radius 3 is 1.11 bits per heavy atom. The number of fused-ring (bicyclic) bond motifs is 26. The lowest BCUT2D eigenvalue weighted by Crippen LogP contribution is -2.49. The van der Waals surface area contributed by atoms with Crippen molar-refractivity contribution in [3.8, 4) is 0 Å². The highest BCUT2D eigenvalue weighted by Gasteiger charge is 2.45. The molecular weight excluding hydrogens is 1560 g/mol. The molecule has 1 aliphatic carbocycles. The lowest BCUT2D eigenvalue weighted by molar-refractivity contribution is 0.0415. The molecule has 0 radical (unpaired) electrons. The van der Waals surface area contributed by atoms with Gasteiger partial charge in [0.05, 0.1) is 0 Å². The maximum Gasteiger partial charge on any atom is 0.0147 e. The van der Waals surface area contributed by atoms with Crippen LogP contribution in [0.25, 0.3) is 0 Å². The van der Waals surface area contributed by atoms with E-state index in [4.69, 9.17) is 0 Å². The van der Waals surface area contributed by atoms with Crippen LogP contribution in [0.1, 0.15) is 368 Å². The Bertz CT molecular complexity index is 2920. The number of likely N-dealkylation sites (tertiary alicyclic amines) is 1. The molecule has 1 saturated carbocycles. The van der Waals surface area contributed by atoms with Crippen LogP contribution in [-0.2, 0) is 0 Å². The zero-order valence-electron chi connectivity index (χ0n) is 87.0. The molecule has 27 heterocycles. The van der Waals surface area contributed by atoms with Gasteiger partial charge in [-0.25, -0.2) is 0 Å². The van der Waals surface area contributed by atoms with Crippen molar-refractivity contribution >= 4 is 0 Å². The van der Waals surface area contributed by atoms with Gasteiger partial charge in [0.1, 0.15) is 0 Å². The van der Waals surface area contributed by atoms with E-state index in [-0.39, 0.29) is 14.9 Å². The molecule has 28 rings (SSSR count). The van der Waals surface area contributed by atoms with Crippen LogP contribution in [0.15, 0.2) is 0 Å². The molecule has 22 bridgehead atoms. The maximum absolute atomic E-state index is 2.72. The summed E-state index contributed by atoms with van der Waals surface area (Å²) in [5.41, 5.74) is 0.736. The first-order valence-electron chi connectivity index (χ1n) is 57.1. The Balaban J connectivity index is 0.000000126. The highest BCUT2D eigenvalue weighted by molar-refractivity contribution is 4.99. The average molecular weight is 1790 g/mol. The van der Waals surface area contributed by atoms with E-state index in [1.165, 1.54) is 420 Å². The third kappa shape index (κ3) is 30.0. The van der Waals surface area contributed by atoms with E-state index < -0.39 is 0 Å². The molecule has 13 nitrogen and oxygen atoms in total. The van der Waals surface area contributed by atoms with Crippen molar-refractivity contribution < 1.29 is 0 Å². The molecule has 0 spiro atoms. The van der Waals surface area contributed by atoms with Crippen molar-refractivity contribution in [1.29, 1.82) is 0 Å². The first kappa shape index (κ1) is 106. The third-order valence-corrected chi connectivity index (χ3v) is 41.4. The standard InChI is InChI=1S/3C10H19N.5C9H17N.3C8H15N.2C7H13N.2CH4/c1-8-3-4-9-5-6-10(7-8)11(9)2;1-8-6-9-4-3-5-10(7-8)11(9)2;1-9-5-4-8-11-7-3-2-6-10(9)11;1-7-5-8-3-4-9(6-7)10(8)2;1-7-3-4-8-5-6-10(2)9(7)8;1-7-3-4-8-5-6-9(7)10(8)2;1-8-3-2-5-10-6-4-9(8)7-10;1-8-5-9-3-2-4-10(6-8)7-9;2*1-7-6-9-4-2-8(7)3-5-9;1-7-2-4-9-5-3-8(7)6-9;1-7-2-4-8(6-7)5-3-7;1-6-4-8-3-2-7(6)5-8;;/h2*8-10H,3-7H2,1-2H3;9-10H,2-8H2,1H3;3*7-9H,3-6H2,1-2H3;2*8-9H,2-7H2,1H3;3*7-8H,2-6H2,1H3;2-6H2,1H3;6-7H,2-5H2,1H3;2*1H4. The van der Waals surface area contributed by atoms with Crippen molar-refractivity contribution in [3.63, 3.8) is 0 Å². The van der Waals surface area contributed by atoms with E-state index >= 15 is 0 Å². The van der Waals surface area contributed by atoms with Crippen LogP contribution in [0.5, 0.6) is 0 Å². The molecule has 27 aliphatic heterocycles. The van der Waals surface area contributed by atoms with Crippen LogP contribution in [0, 0.1) is 118 Å². The molecule has 746 valence electrons. The molecule has 0 amide bonds. The lowest BCUT2D eigenvalue weighted by Gasteiger charge is -2.46. The van der Waals surface area contributed by atoms with Gasteiger partial charge in [-0.3, -0.25) is 0 Å². The first-order valence-corrected chi connectivity index (χ1v) is 57.1. The summed E-state index contributed by atoms with van der Waals surface area (Å²) in [6, 6.07) is 9.37. The molecule has 0 aromatic heterocycles. The first-order chi connectivity index (χ1) is 60.7. The Hall–Kier alpha value is -0.520. The van der Waals surface area contributed by atoms with Crippen LogP contribution in [0.2, 0.25) is 0 Å². The molecule has 0 N–H and O–H groups in total. The molecule has 128 heavy (non-hydrogen) atoms. The second kappa shape index (κ2) is 51.6. The number of hydrogen-bond acceptors (Lipinski definition) is 13. The zero-order chi connectivity index (χ0) is 88.7. The number of piperidine rings is 17. The molecular formula is C115H221N13. The van der Waals surface area contributed by atoms with Crippen molar-refractivity contribution in [1.82, 2.24) is 63.7 Å². The van der Waals surface area contributed by atoms with Gasteiger partial charge in [0.2, 0.25) is 0 Å². The topological polar surface area (TPSA) is 42.1 Å². The summed E-state index contributed by atoms with van der Waals surface area (Å²) in [5, 5.41) is 0. The van der Waals surface area contributed by atoms with Crippen LogP contribution >= 0.6 is 0 Å². The highest BCUT2D eigenvalue weighted by atomic mass is 15.2. The van der Waals surface area contributed by atoms with Crippen molar-refractivity contribution in [3.05, 3.63) is 0 Å². The van der Waals surface area contributed by atoms with Gasteiger partial charge in [0.25, 0.3) is 0 Å². The molecule has 0 aromatic rings. The van der Waals surface area contributed by atoms with Crippen LogP contribution in [-0.4, -0.2) is 316 Å². The van der Waals surface area contributed by atoms with E-state index in [2.05, 4.69) is 189 Å². The van der Waals surface area contributed by atoms with Gasteiger partial charge in [-0.1, -0.05) is 118 Å². The van der Waals surface area contributed by atoms with Crippen LogP contribution in [0.4, 0.5) is 0 Å². The van der Waals surface area contributed by atoms with E-state index in [1.54, 1.807) is 0 Å². The Morgan fingerprint density at radius 2 is 0.625 bits per heavy atom. The normalized spacial score (nSPS) is 47.0. The molecule has 0 aromatic carbocycles. The lowest BCUT2D eigenvalue weighted by atomic mass is 9.80. The molecule has 27 saturated heterocycles. The highest BCUT2D eigenvalue weighted by Crippen LogP contribution is 2.45. The fraction of sp³-hybridized carbons (Fsp3) is 1.00. The van der Waals surface area contributed by atoms with Gasteiger partial charge < -0.3 is 63.7 Å². The second-order valence-electron chi connectivity index (χ2n) is 51.2. The molecule has 28 fully saturated rings. The van der Waals surface area contributed by atoms with Crippen molar-refractivity contribution in [2.45, 2.75) is 429 Å². The fourth-order valence-corrected chi connectivity index (χ4v) is 32.4. The van der Waals surface area contributed by atoms with E-state index in [0.29, 0.717) is 0 Å². The van der Waals surface area contributed by atoms with E-state index in [1.807, 2.05) is 0 Å². The molecule has 29 atom stereocenters. The van der Waals surface area contributed by atoms with Gasteiger partial charge in [-0.2, -0.15) is 0 Å². The minimum Gasteiger partial charge on any atom is -0.303 e. The molecule has 28 aliphatic rings. The summed E-state index contributed by atoms with van der Waals surface area (Å²) in [5.74, 6) is 19.3. The number of hydrogen-bond donors (Lipinski definition) is 0. The van der Waals surface area contributed by atoms with Gasteiger partial charge in [0, 0.05) is 119 Å². The summed E-state index contributed by atoms with van der Waals surface area (Å²) in [7, 11) is 11.5. The minimum absolute atomic E-state index is 0. The summed E-state index contributed by atoms with van der Waals surface area (Å²) in [6.45, 7) is 64.5. The van der Waals surface area contributed by atoms with E-state index in [0.717, 1.165) is 178 Å². The minimum atomic E-state index is 0. The predicted molar refractivity (Wildman–Crippen MR) is 553 cm³/mol. The summed E-state index contributed by atoms with van der Waals surface area (Å²) in [6.07, 6.45) is 60.0. The zero-order valence-corrected chi connectivity index (χ0v) is 87.0. The second-order valence-corrected chi connectivity index (χ2v) is 51.2. The van der Waals surface area contributed by atoms with Gasteiger partial charge in [-0.15, -0.1) is 0 Å². The smallest absolute Gasteiger partial charge is 0.0147 e. The number of nitrogens with zero attached hydrogens (tertiary/aromatic N) is 13. The largest absolute Gasteiger partial charge is 0.303 e. The maximum atomic E-state index is 2.72.